The number of nitrogens with zero attached hydrogens (tertiary/aromatic N) is 2. The summed E-state index contributed by atoms with van der Waals surface area (Å²) in [4.78, 5) is 40.5. The summed E-state index contributed by atoms with van der Waals surface area (Å²) in [6.45, 7) is -0.368. The lowest BCUT2D eigenvalue weighted by molar-refractivity contribution is -0.123. The van der Waals surface area contributed by atoms with E-state index in [4.69, 9.17) is 16.3 Å². The second-order valence-electron chi connectivity index (χ2n) is 6.18. The summed E-state index contributed by atoms with van der Waals surface area (Å²) in [6.07, 6.45) is 1.59. The van der Waals surface area contributed by atoms with Crippen molar-refractivity contribution >= 4 is 45.1 Å². The molecule has 0 unspecified atom stereocenters. The highest BCUT2D eigenvalue weighted by Crippen LogP contribution is 2.29. The molecule has 0 aliphatic carbocycles. The van der Waals surface area contributed by atoms with Gasteiger partial charge in [-0.1, -0.05) is 29.8 Å². The maximum atomic E-state index is 12.4. The zero-order valence-corrected chi connectivity index (χ0v) is 16.1. The molecule has 2 aromatic carbocycles. The van der Waals surface area contributed by atoms with Crippen molar-refractivity contribution in [1.82, 2.24) is 26.0 Å². The molecule has 3 N–H and O–H groups in total. The minimum absolute atomic E-state index is 0.0284. The van der Waals surface area contributed by atoms with Crippen molar-refractivity contribution in [2.24, 2.45) is 0 Å². The summed E-state index contributed by atoms with van der Waals surface area (Å²) in [7, 11) is 0. The molecule has 0 radical (unpaired) electrons. The number of fused-ring (bicyclic) bond motifs is 2. The number of rotatable bonds is 4. The van der Waals surface area contributed by atoms with Gasteiger partial charge in [0.1, 0.15) is 11.3 Å². The quantitative estimate of drug-likeness (QED) is 0.431. The van der Waals surface area contributed by atoms with Gasteiger partial charge >= 0.3 is 0 Å². The highest BCUT2D eigenvalue weighted by Gasteiger charge is 2.15. The van der Waals surface area contributed by atoms with Crippen molar-refractivity contribution in [3.05, 3.63) is 75.8 Å². The third-order valence-corrected chi connectivity index (χ3v) is 4.59. The molecule has 30 heavy (non-hydrogen) atoms. The van der Waals surface area contributed by atoms with Crippen LogP contribution in [0.4, 0.5) is 0 Å². The summed E-state index contributed by atoms with van der Waals surface area (Å²) in [6, 6.07) is 13.3. The van der Waals surface area contributed by atoms with E-state index in [1.54, 1.807) is 54.7 Å². The van der Waals surface area contributed by atoms with E-state index < -0.39 is 17.4 Å². The van der Waals surface area contributed by atoms with Crippen molar-refractivity contribution < 1.29 is 14.3 Å². The number of nitrogens with one attached hydrogen (secondary N) is 3. The van der Waals surface area contributed by atoms with Crippen LogP contribution in [0.3, 0.4) is 0 Å². The Morgan fingerprint density at radius 1 is 1.00 bits per heavy atom. The Balaban J connectivity index is 1.42. The minimum atomic E-state index is -0.686. The van der Waals surface area contributed by atoms with Gasteiger partial charge in [-0.05, 0) is 30.3 Å². The SMILES string of the molecule is O=C(COc1ccc(Cl)c2cccnc12)NNC(=O)c1n[nH]c(=O)c2ccccc12. The second-order valence-corrected chi connectivity index (χ2v) is 6.59. The number of benzene rings is 2. The van der Waals surface area contributed by atoms with Gasteiger partial charge in [0.25, 0.3) is 17.4 Å². The third-order valence-electron chi connectivity index (χ3n) is 4.26. The zero-order valence-electron chi connectivity index (χ0n) is 15.3. The number of hydrazine groups is 1. The topological polar surface area (TPSA) is 126 Å². The molecule has 2 aromatic heterocycles. The fourth-order valence-corrected chi connectivity index (χ4v) is 3.10. The number of halogens is 1. The van der Waals surface area contributed by atoms with E-state index in [0.717, 1.165) is 0 Å². The molecule has 0 spiro atoms. The zero-order chi connectivity index (χ0) is 21.1. The van der Waals surface area contributed by atoms with Crippen molar-refractivity contribution in [3.8, 4) is 5.75 Å². The largest absolute Gasteiger partial charge is 0.481 e. The number of carbonyl (C=O) groups excluding carboxylic acids is 2. The first-order chi connectivity index (χ1) is 14.5. The molecule has 2 amide bonds. The van der Waals surface area contributed by atoms with Crippen LogP contribution < -0.4 is 21.1 Å². The Kier molecular flexibility index (Phi) is 5.27. The van der Waals surface area contributed by atoms with Gasteiger partial charge in [0, 0.05) is 17.0 Å². The minimum Gasteiger partial charge on any atom is -0.481 e. The summed E-state index contributed by atoms with van der Waals surface area (Å²) < 4.78 is 5.51. The number of pyridine rings is 1. The first-order valence-electron chi connectivity index (χ1n) is 8.77. The smallest absolute Gasteiger partial charge is 0.290 e. The summed E-state index contributed by atoms with van der Waals surface area (Å²) in [5.41, 5.74) is 4.58. The van der Waals surface area contributed by atoms with Crippen molar-refractivity contribution in [1.29, 1.82) is 0 Å². The average molecular weight is 424 g/mol. The third kappa shape index (κ3) is 3.78. The van der Waals surface area contributed by atoms with E-state index in [1.807, 2.05) is 0 Å². The molecule has 9 nitrogen and oxygen atoms in total. The van der Waals surface area contributed by atoms with Gasteiger partial charge < -0.3 is 4.74 Å². The Hall–Kier alpha value is -3.98. The van der Waals surface area contributed by atoms with E-state index in [9.17, 15) is 14.4 Å². The van der Waals surface area contributed by atoms with Gasteiger partial charge in [0.2, 0.25) is 0 Å². The molecular formula is C20H14ClN5O4. The van der Waals surface area contributed by atoms with E-state index in [1.165, 1.54) is 0 Å². The van der Waals surface area contributed by atoms with E-state index in [0.29, 0.717) is 32.4 Å². The number of amides is 2. The number of aromatic nitrogens is 3. The van der Waals surface area contributed by atoms with Gasteiger partial charge in [0.05, 0.1) is 10.4 Å². The summed E-state index contributed by atoms with van der Waals surface area (Å²) >= 11 is 6.14. The van der Waals surface area contributed by atoms with E-state index >= 15 is 0 Å². The van der Waals surface area contributed by atoms with Crippen LogP contribution >= 0.6 is 11.6 Å². The Labute approximate surface area is 174 Å². The van der Waals surface area contributed by atoms with Crippen molar-refractivity contribution in [3.63, 3.8) is 0 Å². The highest BCUT2D eigenvalue weighted by atomic mass is 35.5. The molecule has 0 fully saturated rings. The molecule has 0 aliphatic heterocycles. The lowest BCUT2D eigenvalue weighted by Crippen LogP contribution is -2.44. The maximum absolute atomic E-state index is 12.4. The van der Waals surface area contributed by atoms with E-state index in [-0.39, 0.29) is 12.3 Å². The fraction of sp³-hybridized carbons (Fsp3) is 0.0500. The van der Waals surface area contributed by atoms with Gasteiger partial charge in [-0.25, -0.2) is 5.10 Å². The standard InChI is InChI=1S/C20H14ClN5O4/c21-14-7-8-15(17-13(14)6-3-9-22-17)30-10-16(27)23-26-20(29)18-11-4-1-2-5-12(11)19(28)25-24-18/h1-9H,10H2,(H,23,27)(H,25,28)(H,26,29). The molecule has 0 saturated heterocycles. The lowest BCUT2D eigenvalue weighted by atomic mass is 10.1. The number of hydrogen-bond donors (Lipinski definition) is 3. The number of hydrogen-bond acceptors (Lipinski definition) is 6. The molecular weight excluding hydrogens is 410 g/mol. The predicted octanol–water partition coefficient (Wildman–Crippen LogP) is 1.96. The van der Waals surface area contributed by atoms with Crippen LogP contribution in [0.2, 0.25) is 5.02 Å². The number of aromatic amines is 1. The average Bonchev–Trinajstić information content (AvgIpc) is 2.78. The number of carbonyl (C=O) groups is 2. The molecule has 0 atom stereocenters. The van der Waals surface area contributed by atoms with Gasteiger partial charge in [-0.3, -0.25) is 30.2 Å². The number of ether oxygens (including phenoxy) is 1. The summed E-state index contributed by atoms with van der Waals surface area (Å²) in [5, 5.41) is 7.92. The molecule has 10 heteroatoms. The molecule has 150 valence electrons. The second kappa shape index (κ2) is 8.18. The highest BCUT2D eigenvalue weighted by molar-refractivity contribution is 6.35. The molecule has 0 saturated carbocycles. The normalized spacial score (nSPS) is 10.7. The van der Waals surface area contributed by atoms with Gasteiger partial charge in [0.15, 0.2) is 12.3 Å². The van der Waals surface area contributed by atoms with Crippen LogP contribution in [0.5, 0.6) is 5.75 Å². The molecule has 4 aromatic rings. The van der Waals surface area contributed by atoms with Crippen LogP contribution in [-0.4, -0.2) is 33.6 Å². The first kappa shape index (κ1) is 19.3. The van der Waals surface area contributed by atoms with Crippen molar-refractivity contribution in [2.75, 3.05) is 6.61 Å². The van der Waals surface area contributed by atoms with Gasteiger partial charge in [-0.2, -0.15) is 5.10 Å². The van der Waals surface area contributed by atoms with Crippen molar-refractivity contribution in [2.45, 2.75) is 0 Å². The Bertz CT molecular complexity index is 1340. The van der Waals surface area contributed by atoms with Crippen LogP contribution in [-0.2, 0) is 4.79 Å². The lowest BCUT2D eigenvalue weighted by Gasteiger charge is -2.11. The van der Waals surface area contributed by atoms with Crippen LogP contribution in [0.25, 0.3) is 21.7 Å². The molecule has 4 rings (SSSR count). The van der Waals surface area contributed by atoms with Crippen LogP contribution in [0.15, 0.2) is 59.5 Å². The van der Waals surface area contributed by atoms with Gasteiger partial charge in [-0.15, -0.1) is 0 Å². The predicted molar refractivity (Wildman–Crippen MR) is 110 cm³/mol. The van der Waals surface area contributed by atoms with Crippen LogP contribution in [0, 0.1) is 0 Å². The molecule has 0 bridgehead atoms. The molecule has 0 aliphatic rings. The van der Waals surface area contributed by atoms with E-state index in [2.05, 4.69) is 26.0 Å². The maximum Gasteiger partial charge on any atom is 0.290 e. The number of H-pyrrole nitrogens is 1. The fourth-order valence-electron chi connectivity index (χ4n) is 2.88. The monoisotopic (exact) mass is 423 g/mol. The van der Waals surface area contributed by atoms with Crippen LogP contribution in [0.1, 0.15) is 10.5 Å². The molecule has 2 heterocycles. The Morgan fingerprint density at radius 2 is 1.77 bits per heavy atom. The first-order valence-corrected chi connectivity index (χ1v) is 9.15. The summed E-state index contributed by atoms with van der Waals surface area (Å²) in [5.74, 6) is -0.907. The Morgan fingerprint density at radius 3 is 2.60 bits per heavy atom.